The van der Waals surface area contributed by atoms with Crippen molar-refractivity contribution < 1.29 is 19.7 Å². The van der Waals surface area contributed by atoms with E-state index in [1.807, 2.05) is 80.7 Å². The third kappa shape index (κ3) is 6.81. The van der Waals surface area contributed by atoms with Crippen LogP contribution in [0.1, 0.15) is 60.2 Å². The number of nitrogens with zero attached hydrogens (tertiary/aromatic N) is 1. The highest BCUT2D eigenvalue weighted by Gasteiger charge is 2.39. The first-order chi connectivity index (χ1) is 20.4. The van der Waals surface area contributed by atoms with E-state index in [1.165, 1.54) is 0 Å². The van der Waals surface area contributed by atoms with Gasteiger partial charge in [0.1, 0.15) is 0 Å². The van der Waals surface area contributed by atoms with Crippen LogP contribution in [-0.4, -0.2) is 40.9 Å². The summed E-state index contributed by atoms with van der Waals surface area (Å²) in [6.07, 6.45) is -1.53. The van der Waals surface area contributed by atoms with Gasteiger partial charge in [-0.1, -0.05) is 104 Å². The van der Waals surface area contributed by atoms with E-state index >= 15 is 0 Å². The van der Waals surface area contributed by atoms with Crippen molar-refractivity contribution in [2.75, 3.05) is 13.6 Å². The van der Waals surface area contributed by atoms with E-state index in [0.29, 0.717) is 13.1 Å². The topological polar surface area (TPSA) is 88.2 Å². The van der Waals surface area contributed by atoms with Crippen LogP contribution in [0.15, 0.2) is 103 Å². The summed E-state index contributed by atoms with van der Waals surface area (Å²) in [5.74, 6) is 0.0445. The van der Waals surface area contributed by atoms with Crippen molar-refractivity contribution in [1.82, 2.24) is 4.90 Å². The zero-order valence-corrected chi connectivity index (χ0v) is 24.6. The lowest BCUT2D eigenvalue weighted by atomic mass is 9.89. The van der Waals surface area contributed by atoms with Crippen molar-refractivity contribution in [3.63, 3.8) is 0 Å². The molecule has 4 aromatic rings. The van der Waals surface area contributed by atoms with Gasteiger partial charge in [0.25, 0.3) is 0 Å². The Morgan fingerprint density at radius 2 is 1.50 bits per heavy atom. The number of ether oxygens (including phenoxy) is 2. The molecule has 0 spiro atoms. The molecule has 5 rings (SSSR count). The third-order valence-corrected chi connectivity index (χ3v) is 8.56. The minimum absolute atomic E-state index is 0.00266. The monoisotopic (exact) mass is 566 g/mol. The Labute approximate surface area is 249 Å². The van der Waals surface area contributed by atoms with Crippen molar-refractivity contribution >= 4 is 0 Å². The molecule has 6 nitrogen and oxygen atoms in total. The molecule has 0 aromatic heterocycles. The van der Waals surface area contributed by atoms with Crippen molar-refractivity contribution in [3.05, 3.63) is 131 Å². The number of likely N-dealkylation sites (N-methyl/N-ethyl adjacent to an activating group) is 1. The zero-order chi connectivity index (χ0) is 29.6. The van der Waals surface area contributed by atoms with E-state index in [9.17, 15) is 10.2 Å². The summed E-state index contributed by atoms with van der Waals surface area (Å²) >= 11 is 0. The molecule has 0 unspecified atom stereocenters. The second-order valence-electron chi connectivity index (χ2n) is 11.4. The Kier molecular flexibility index (Phi) is 9.85. The summed E-state index contributed by atoms with van der Waals surface area (Å²) in [4.78, 5) is 2.17. The van der Waals surface area contributed by atoms with Gasteiger partial charge in [0, 0.05) is 30.6 Å². The van der Waals surface area contributed by atoms with Crippen LogP contribution in [-0.2, 0) is 22.6 Å². The fourth-order valence-corrected chi connectivity index (χ4v) is 5.66. The highest BCUT2D eigenvalue weighted by Crippen LogP contribution is 2.42. The number of aliphatic hydroxyl groups excluding tert-OH is 2. The van der Waals surface area contributed by atoms with E-state index in [4.69, 9.17) is 15.2 Å². The highest BCUT2D eigenvalue weighted by molar-refractivity contribution is 5.64. The molecule has 0 bridgehead atoms. The molecule has 1 saturated heterocycles. The molecular weight excluding hydrogens is 524 g/mol. The predicted octanol–water partition coefficient (Wildman–Crippen LogP) is 6.15. The molecule has 42 heavy (non-hydrogen) atoms. The molecule has 4 aromatic carbocycles. The van der Waals surface area contributed by atoms with Gasteiger partial charge in [-0.2, -0.15) is 0 Å². The van der Waals surface area contributed by atoms with Gasteiger partial charge in [0.2, 0.25) is 0 Å². The van der Waals surface area contributed by atoms with Crippen LogP contribution in [0.3, 0.4) is 0 Å². The fraction of sp³-hybridized carbons (Fsp3) is 0.333. The van der Waals surface area contributed by atoms with E-state index < -0.39 is 12.4 Å². The van der Waals surface area contributed by atoms with E-state index in [0.717, 1.165) is 38.9 Å². The summed E-state index contributed by atoms with van der Waals surface area (Å²) in [5.41, 5.74) is 12.9. The van der Waals surface area contributed by atoms with Crippen LogP contribution in [0.5, 0.6) is 0 Å². The number of rotatable bonds is 10. The third-order valence-electron chi connectivity index (χ3n) is 8.56. The first-order valence-electron chi connectivity index (χ1n) is 14.7. The van der Waals surface area contributed by atoms with Crippen molar-refractivity contribution in [3.8, 4) is 11.1 Å². The maximum Gasteiger partial charge on any atom is 0.184 e. The average Bonchev–Trinajstić information content (AvgIpc) is 3.05. The maximum atomic E-state index is 11.1. The van der Waals surface area contributed by atoms with Gasteiger partial charge >= 0.3 is 0 Å². The van der Waals surface area contributed by atoms with Crippen molar-refractivity contribution in [2.45, 2.75) is 57.6 Å². The summed E-state index contributed by atoms with van der Waals surface area (Å²) < 4.78 is 13.3. The number of nitrogens with two attached hydrogens (primary N) is 1. The lowest BCUT2D eigenvalue weighted by Crippen LogP contribution is -2.46. The molecule has 0 radical (unpaired) electrons. The molecule has 1 aliphatic heterocycles. The zero-order valence-electron chi connectivity index (χ0n) is 24.6. The molecule has 6 heteroatoms. The Bertz CT molecular complexity index is 1410. The van der Waals surface area contributed by atoms with E-state index in [2.05, 4.69) is 48.2 Å². The number of hydrogen-bond acceptors (Lipinski definition) is 6. The Balaban J connectivity index is 1.39. The standard InChI is InChI=1S/C36H42N2O4/c1-24-33(22-38(3)25(2)34(40)29-9-5-4-6-10-29)41-36(42-35(24)30-14-12-26(23-39)13-15-30)31-18-16-28(17-19-31)32-11-7-8-27(20-32)21-37/h4-20,24-25,33-36,39-40H,21-23,37H2,1-3H3/t24-,25-,33+,34-,35+,36+/m0/s1. The second-order valence-corrected chi connectivity index (χ2v) is 11.4. The quantitative estimate of drug-likeness (QED) is 0.213. The van der Waals surface area contributed by atoms with Crippen LogP contribution < -0.4 is 5.73 Å². The van der Waals surface area contributed by atoms with Crippen LogP contribution in [0.4, 0.5) is 0 Å². The van der Waals surface area contributed by atoms with Gasteiger partial charge in [-0.25, -0.2) is 0 Å². The number of benzene rings is 4. The molecule has 1 heterocycles. The largest absolute Gasteiger partial charge is 0.392 e. The van der Waals surface area contributed by atoms with Gasteiger partial charge < -0.3 is 25.4 Å². The van der Waals surface area contributed by atoms with Gasteiger partial charge in [-0.05, 0) is 53.4 Å². The molecule has 0 amide bonds. The lowest BCUT2D eigenvalue weighted by molar-refractivity contribution is -0.276. The Hall–Kier alpha value is -3.36. The Morgan fingerprint density at radius 1 is 0.810 bits per heavy atom. The number of hydrogen-bond donors (Lipinski definition) is 3. The summed E-state index contributed by atoms with van der Waals surface area (Å²) in [6, 6.07) is 34.2. The van der Waals surface area contributed by atoms with Crippen molar-refractivity contribution in [1.29, 1.82) is 0 Å². The van der Waals surface area contributed by atoms with Crippen LogP contribution >= 0.6 is 0 Å². The van der Waals surface area contributed by atoms with Gasteiger partial charge in [-0.15, -0.1) is 0 Å². The molecule has 0 saturated carbocycles. The number of aliphatic hydroxyl groups is 2. The first kappa shape index (κ1) is 30.1. The predicted molar refractivity (Wildman–Crippen MR) is 166 cm³/mol. The van der Waals surface area contributed by atoms with Gasteiger partial charge in [0.15, 0.2) is 6.29 Å². The van der Waals surface area contributed by atoms with Crippen LogP contribution in [0, 0.1) is 5.92 Å². The van der Waals surface area contributed by atoms with Crippen LogP contribution in [0.25, 0.3) is 11.1 Å². The minimum Gasteiger partial charge on any atom is -0.392 e. The second kappa shape index (κ2) is 13.7. The lowest BCUT2D eigenvalue weighted by Gasteiger charge is -2.43. The molecule has 4 N–H and O–H groups in total. The van der Waals surface area contributed by atoms with Crippen molar-refractivity contribution in [2.24, 2.45) is 11.7 Å². The van der Waals surface area contributed by atoms with Gasteiger partial charge in [-0.3, -0.25) is 4.90 Å². The van der Waals surface area contributed by atoms with Gasteiger partial charge in [0.05, 0.1) is 24.9 Å². The Morgan fingerprint density at radius 3 is 2.17 bits per heavy atom. The molecule has 0 aliphatic carbocycles. The summed E-state index contributed by atoms with van der Waals surface area (Å²) in [6.45, 7) is 5.34. The summed E-state index contributed by atoms with van der Waals surface area (Å²) in [7, 11) is 2.03. The molecule has 1 aliphatic rings. The molecule has 220 valence electrons. The van der Waals surface area contributed by atoms with E-state index in [-0.39, 0.29) is 30.8 Å². The fourth-order valence-electron chi connectivity index (χ4n) is 5.66. The smallest absolute Gasteiger partial charge is 0.184 e. The first-order valence-corrected chi connectivity index (χ1v) is 14.7. The maximum absolute atomic E-state index is 11.1. The van der Waals surface area contributed by atoms with E-state index in [1.54, 1.807) is 0 Å². The molecule has 1 fully saturated rings. The normalized spacial score (nSPS) is 22.2. The highest BCUT2D eigenvalue weighted by atomic mass is 16.7. The summed E-state index contributed by atoms with van der Waals surface area (Å²) in [5, 5.41) is 20.6. The molecular formula is C36H42N2O4. The van der Waals surface area contributed by atoms with Crippen LogP contribution in [0.2, 0.25) is 0 Å². The minimum atomic E-state index is -0.616. The SMILES string of the molecule is C[C@H]1[C@@H](CN(C)[C@@H](C)[C@H](O)c2ccccc2)O[C@@H](c2ccc(-c3cccc(CN)c3)cc2)O[C@H]1c1ccc(CO)cc1. The average molecular weight is 567 g/mol. The molecule has 6 atom stereocenters.